The lowest BCUT2D eigenvalue weighted by Gasteiger charge is -2.21. The smallest absolute Gasteiger partial charge is 0.398 e. The number of amides is 1. The van der Waals surface area contributed by atoms with Crippen molar-refractivity contribution in [2.75, 3.05) is 34.0 Å². The molecule has 0 aliphatic heterocycles. The second kappa shape index (κ2) is 11.7. The molecule has 0 fully saturated rings. The first-order valence-corrected chi connectivity index (χ1v) is 10.9. The maximum Gasteiger partial charge on any atom is 0.398 e. The topological polar surface area (TPSA) is 103 Å². The molecule has 1 atom stereocenters. The molecule has 8 nitrogen and oxygen atoms in total. The highest BCUT2D eigenvalue weighted by atomic mass is 19.4. The van der Waals surface area contributed by atoms with Crippen LogP contribution >= 0.6 is 0 Å². The molecule has 3 rings (SSSR count). The van der Waals surface area contributed by atoms with E-state index in [1.165, 1.54) is 44.7 Å². The summed E-state index contributed by atoms with van der Waals surface area (Å²) in [4.78, 5) is 21.0. The number of ether oxygens (including phenoxy) is 3. The standard InChI is InChI=1S/C25H26F3N3O5/c1-15-10-19(17-5-7-23(35-3)29-13-17)31-20(11-15)18(25(26,27)28)14-30-24(33)16-4-6-21(36-9-8-32)22(12-16)34-2/h4-7,10-13,18,32H,8-9,14H2,1-3H3,(H,30,33). The van der Waals surface area contributed by atoms with Crippen LogP contribution in [-0.4, -0.2) is 61.1 Å². The van der Waals surface area contributed by atoms with Crippen molar-refractivity contribution in [1.29, 1.82) is 0 Å². The average molecular weight is 505 g/mol. The minimum absolute atomic E-state index is 0.0211. The van der Waals surface area contributed by atoms with Gasteiger partial charge in [0.05, 0.1) is 32.2 Å². The lowest BCUT2D eigenvalue weighted by atomic mass is 10.0. The Hall–Kier alpha value is -3.86. The van der Waals surface area contributed by atoms with E-state index in [4.69, 9.17) is 19.3 Å². The maximum absolute atomic E-state index is 14.0. The van der Waals surface area contributed by atoms with Crippen LogP contribution in [-0.2, 0) is 0 Å². The molecule has 1 unspecified atom stereocenters. The van der Waals surface area contributed by atoms with E-state index in [1.54, 1.807) is 25.1 Å². The van der Waals surface area contributed by atoms with Gasteiger partial charge in [-0.2, -0.15) is 13.2 Å². The summed E-state index contributed by atoms with van der Waals surface area (Å²) >= 11 is 0. The maximum atomic E-state index is 14.0. The van der Waals surface area contributed by atoms with Gasteiger partial charge in [-0.25, -0.2) is 4.98 Å². The summed E-state index contributed by atoms with van der Waals surface area (Å²) in [6.07, 6.45) is -3.20. The van der Waals surface area contributed by atoms with Gasteiger partial charge < -0.3 is 24.6 Å². The van der Waals surface area contributed by atoms with Gasteiger partial charge in [-0.1, -0.05) is 0 Å². The van der Waals surface area contributed by atoms with Crippen LogP contribution in [0.1, 0.15) is 27.5 Å². The molecule has 1 amide bonds. The summed E-state index contributed by atoms with van der Waals surface area (Å²) in [5.41, 5.74) is 1.30. The highest BCUT2D eigenvalue weighted by Crippen LogP contribution is 2.35. The first-order chi connectivity index (χ1) is 17.2. The number of hydrogen-bond donors (Lipinski definition) is 2. The zero-order chi connectivity index (χ0) is 26.3. The van der Waals surface area contributed by atoms with Crippen LogP contribution in [0.4, 0.5) is 13.2 Å². The van der Waals surface area contributed by atoms with Gasteiger partial charge >= 0.3 is 6.18 Å². The van der Waals surface area contributed by atoms with Crippen LogP contribution in [0, 0.1) is 6.92 Å². The Bertz CT molecular complexity index is 1190. The second-order valence-electron chi connectivity index (χ2n) is 7.79. The number of aliphatic hydroxyl groups excluding tert-OH is 1. The second-order valence-corrected chi connectivity index (χ2v) is 7.79. The molecule has 1 aromatic carbocycles. The van der Waals surface area contributed by atoms with Crippen molar-refractivity contribution in [2.24, 2.45) is 0 Å². The van der Waals surface area contributed by atoms with Crippen LogP contribution in [0.15, 0.2) is 48.7 Å². The molecule has 2 heterocycles. The van der Waals surface area contributed by atoms with E-state index in [9.17, 15) is 18.0 Å². The van der Waals surface area contributed by atoms with Crippen molar-refractivity contribution in [1.82, 2.24) is 15.3 Å². The summed E-state index contributed by atoms with van der Waals surface area (Å²) in [7, 11) is 2.82. The van der Waals surface area contributed by atoms with Gasteiger partial charge in [0.2, 0.25) is 5.88 Å². The SMILES string of the molecule is COc1ccc(-c2cc(C)cc(C(CNC(=O)c3ccc(OCCO)c(OC)c3)C(F)(F)F)n2)cn1. The molecule has 0 bridgehead atoms. The van der Waals surface area contributed by atoms with Crippen molar-refractivity contribution in [3.63, 3.8) is 0 Å². The summed E-state index contributed by atoms with van der Waals surface area (Å²) in [6.45, 7) is 0.760. The largest absolute Gasteiger partial charge is 0.493 e. The fraction of sp³-hybridized carbons (Fsp3) is 0.320. The number of pyridine rings is 2. The Morgan fingerprint density at radius 3 is 2.47 bits per heavy atom. The number of nitrogens with zero attached hydrogens (tertiary/aromatic N) is 2. The molecule has 192 valence electrons. The number of carbonyl (C=O) groups is 1. The monoisotopic (exact) mass is 505 g/mol. The number of nitrogens with one attached hydrogen (secondary N) is 1. The third kappa shape index (κ3) is 6.63. The van der Waals surface area contributed by atoms with Crippen LogP contribution in [0.5, 0.6) is 17.4 Å². The molecule has 0 spiro atoms. The van der Waals surface area contributed by atoms with Crippen LogP contribution in [0.2, 0.25) is 0 Å². The van der Waals surface area contributed by atoms with Gasteiger partial charge in [0.25, 0.3) is 5.91 Å². The summed E-state index contributed by atoms with van der Waals surface area (Å²) in [5, 5.41) is 11.2. The van der Waals surface area contributed by atoms with Crippen LogP contribution in [0.3, 0.4) is 0 Å². The fourth-order valence-electron chi connectivity index (χ4n) is 3.44. The molecule has 0 saturated carbocycles. The molecule has 2 N–H and O–H groups in total. The van der Waals surface area contributed by atoms with E-state index in [0.29, 0.717) is 28.5 Å². The first kappa shape index (κ1) is 26.7. The Kier molecular flexibility index (Phi) is 8.70. The molecule has 36 heavy (non-hydrogen) atoms. The minimum atomic E-state index is -4.66. The van der Waals surface area contributed by atoms with Gasteiger partial charge in [-0.15, -0.1) is 0 Å². The summed E-state index contributed by atoms with van der Waals surface area (Å²) in [5.74, 6) is -1.89. The molecular weight excluding hydrogens is 479 g/mol. The van der Waals surface area contributed by atoms with Crippen LogP contribution < -0.4 is 19.5 Å². The van der Waals surface area contributed by atoms with Crippen LogP contribution in [0.25, 0.3) is 11.3 Å². The number of alkyl halides is 3. The summed E-state index contributed by atoms with van der Waals surface area (Å²) < 4.78 is 57.6. The fourth-order valence-corrected chi connectivity index (χ4v) is 3.44. The third-order valence-electron chi connectivity index (χ3n) is 5.22. The van der Waals surface area contributed by atoms with E-state index < -0.39 is 24.5 Å². The minimum Gasteiger partial charge on any atom is -0.493 e. The van der Waals surface area contributed by atoms with E-state index >= 15 is 0 Å². The highest BCUT2D eigenvalue weighted by molar-refractivity contribution is 5.94. The lowest BCUT2D eigenvalue weighted by Crippen LogP contribution is -2.35. The van der Waals surface area contributed by atoms with Crippen molar-refractivity contribution in [3.8, 4) is 28.6 Å². The molecule has 11 heteroatoms. The Balaban J connectivity index is 1.83. The van der Waals surface area contributed by atoms with Crippen molar-refractivity contribution < 1.29 is 37.3 Å². The molecule has 0 aliphatic carbocycles. The first-order valence-electron chi connectivity index (χ1n) is 10.9. The van der Waals surface area contributed by atoms with Crippen molar-refractivity contribution in [2.45, 2.75) is 19.0 Å². The number of carbonyl (C=O) groups excluding carboxylic acids is 1. The van der Waals surface area contributed by atoms with E-state index in [1.807, 2.05) is 0 Å². The zero-order valence-corrected chi connectivity index (χ0v) is 19.9. The van der Waals surface area contributed by atoms with Crippen molar-refractivity contribution in [3.05, 3.63) is 65.5 Å². The lowest BCUT2D eigenvalue weighted by molar-refractivity contribution is -0.149. The molecule has 2 aromatic heterocycles. The number of rotatable bonds is 10. The Morgan fingerprint density at radius 2 is 1.86 bits per heavy atom. The van der Waals surface area contributed by atoms with Gasteiger partial charge in [-0.05, 0) is 48.9 Å². The third-order valence-corrected chi connectivity index (χ3v) is 5.22. The van der Waals surface area contributed by atoms with Gasteiger partial charge in [0.1, 0.15) is 12.5 Å². The Labute approximate surface area is 206 Å². The summed E-state index contributed by atoms with van der Waals surface area (Å²) in [6, 6.07) is 10.4. The Morgan fingerprint density at radius 1 is 1.08 bits per heavy atom. The molecule has 0 aliphatic rings. The zero-order valence-electron chi connectivity index (χ0n) is 19.9. The number of hydrogen-bond acceptors (Lipinski definition) is 7. The number of benzene rings is 1. The van der Waals surface area contributed by atoms with E-state index in [2.05, 4.69) is 15.3 Å². The predicted octanol–water partition coefficient (Wildman–Crippen LogP) is 3.92. The predicted molar refractivity (Wildman–Crippen MR) is 125 cm³/mol. The van der Waals surface area contributed by atoms with Gasteiger partial charge in [0, 0.05) is 29.9 Å². The van der Waals surface area contributed by atoms with E-state index in [0.717, 1.165) is 0 Å². The van der Waals surface area contributed by atoms with Gasteiger partial charge in [-0.3, -0.25) is 9.78 Å². The molecular formula is C25H26F3N3O5. The van der Waals surface area contributed by atoms with E-state index in [-0.39, 0.29) is 30.2 Å². The molecule has 0 radical (unpaired) electrons. The molecule has 3 aromatic rings. The molecule has 0 saturated heterocycles. The normalized spacial score (nSPS) is 12.1. The number of aryl methyl sites for hydroxylation is 1. The quantitative estimate of drug-likeness (QED) is 0.431. The van der Waals surface area contributed by atoms with Crippen molar-refractivity contribution >= 4 is 5.91 Å². The van der Waals surface area contributed by atoms with Gasteiger partial charge in [0.15, 0.2) is 11.5 Å². The number of aliphatic hydroxyl groups is 1. The number of methoxy groups -OCH3 is 2. The number of aromatic nitrogens is 2. The number of halogens is 3. The average Bonchev–Trinajstić information content (AvgIpc) is 2.86. The highest BCUT2D eigenvalue weighted by Gasteiger charge is 2.42.